The molecule has 1 saturated heterocycles. The van der Waals surface area contributed by atoms with E-state index in [4.69, 9.17) is 10.3 Å². The molecular formula is C15H20N8O2. The molecule has 2 aromatic heterocycles. The minimum atomic E-state index is -0.968. The van der Waals surface area contributed by atoms with Gasteiger partial charge in [0.15, 0.2) is 23.2 Å². The van der Waals surface area contributed by atoms with Crippen LogP contribution in [0, 0.1) is 0 Å². The summed E-state index contributed by atoms with van der Waals surface area (Å²) in [5, 5.41) is 17.6. The lowest BCUT2D eigenvalue weighted by Gasteiger charge is -2.17. The summed E-state index contributed by atoms with van der Waals surface area (Å²) in [5.41, 5.74) is 9.89. The van der Waals surface area contributed by atoms with Gasteiger partial charge in [0.1, 0.15) is 12.4 Å². The van der Waals surface area contributed by atoms with Crippen LogP contribution in [0.5, 0.6) is 0 Å². The molecule has 1 saturated carbocycles. The van der Waals surface area contributed by atoms with Crippen LogP contribution in [0.3, 0.4) is 0 Å². The van der Waals surface area contributed by atoms with E-state index in [1.54, 1.807) is 17.8 Å². The number of fused-ring (bicyclic) bond motifs is 1. The van der Waals surface area contributed by atoms with Gasteiger partial charge >= 0.3 is 0 Å². The molecule has 2 fully saturated rings. The Bertz CT molecular complexity index is 811. The second kappa shape index (κ2) is 6.47. The topological polar surface area (TPSA) is 134 Å². The molecule has 2 aliphatic rings. The van der Waals surface area contributed by atoms with Crippen molar-refractivity contribution in [3.8, 4) is 0 Å². The normalized spacial score (nSPS) is 29.8. The van der Waals surface area contributed by atoms with Crippen LogP contribution in [0.25, 0.3) is 21.6 Å². The quantitative estimate of drug-likeness (QED) is 0.496. The van der Waals surface area contributed by atoms with E-state index in [1.165, 1.54) is 19.2 Å². The zero-order chi connectivity index (χ0) is 17.4. The predicted molar refractivity (Wildman–Crippen MR) is 89.7 cm³/mol. The number of aliphatic hydroxyl groups is 1. The average molecular weight is 344 g/mol. The molecule has 132 valence electrons. The van der Waals surface area contributed by atoms with Gasteiger partial charge in [-0.05, 0) is 25.3 Å². The molecule has 4 rings (SSSR count). The summed E-state index contributed by atoms with van der Waals surface area (Å²) in [6.07, 6.45) is 5.69. The molecule has 10 nitrogen and oxygen atoms in total. The predicted octanol–water partition coefficient (Wildman–Crippen LogP) is 2.14. The van der Waals surface area contributed by atoms with Crippen LogP contribution >= 0.6 is 0 Å². The van der Waals surface area contributed by atoms with Gasteiger partial charge in [-0.15, -0.1) is 0 Å². The van der Waals surface area contributed by atoms with E-state index in [1.807, 2.05) is 0 Å². The van der Waals surface area contributed by atoms with Crippen molar-refractivity contribution in [3.05, 3.63) is 23.1 Å². The zero-order valence-corrected chi connectivity index (χ0v) is 13.9. The van der Waals surface area contributed by atoms with Crippen molar-refractivity contribution < 1.29 is 9.84 Å². The zero-order valence-electron chi connectivity index (χ0n) is 13.9. The highest BCUT2D eigenvalue weighted by molar-refractivity contribution is 5.82. The Labute approximate surface area is 143 Å². The first-order chi connectivity index (χ1) is 12.2. The van der Waals surface area contributed by atoms with Gasteiger partial charge in [0.05, 0.1) is 18.5 Å². The summed E-state index contributed by atoms with van der Waals surface area (Å²) < 4.78 is 7.46. The Hall–Kier alpha value is -2.42. The molecule has 3 heterocycles. The highest BCUT2D eigenvalue weighted by atomic mass is 16.5. The highest BCUT2D eigenvalue weighted by Gasteiger charge is 2.42. The van der Waals surface area contributed by atoms with Gasteiger partial charge in [-0.1, -0.05) is 18.0 Å². The van der Waals surface area contributed by atoms with Crippen molar-refractivity contribution in [2.75, 3.05) is 5.32 Å². The van der Waals surface area contributed by atoms with E-state index in [-0.39, 0.29) is 0 Å². The Morgan fingerprint density at radius 2 is 2.16 bits per heavy atom. The van der Waals surface area contributed by atoms with Crippen LogP contribution in [0.4, 0.5) is 5.82 Å². The van der Waals surface area contributed by atoms with Crippen molar-refractivity contribution in [2.45, 2.75) is 63.1 Å². The maximum atomic E-state index is 10.5. The summed E-state index contributed by atoms with van der Waals surface area (Å²) in [6, 6.07) is -0.240. The first kappa shape index (κ1) is 16.1. The van der Waals surface area contributed by atoms with Crippen LogP contribution in [-0.2, 0) is 4.74 Å². The molecule has 1 aliphatic heterocycles. The lowest BCUT2D eigenvalue weighted by molar-refractivity contribution is -0.0297. The SMILES string of the molecule is C[C@H]1O[C@@H](n2cnc3c(NC4CCCC4)ncnc32)[C@H](O)[C@H]1N=[N+]=[N-]. The third-order valence-electron chi connectivity index (χ3n) is 4.99. The summed E-state index contributed by atoms with van der Waals surface area (Å²) in [4.78, 5) is 15.8. The van der Waals surface area contributed by atoms with Gasteiger partial charge in [0.25, 0.3) is 0 Å². The van der Waals surface area contributed by atoms with Crippen molar-refractivity contribution in [3.63, 3.8) is 0 Å². The maximum Gasteiger partial charge on any atom is 0.167 e. The molecule has 2 N–H and O–H groups in total. The minimum absolute atomic E-state index is 0.397. The molecule has 0 bridgehead atoms. The molecule has 0 unspecified atom stereocenters. The first-order valence-electron chi connectivity index (χ1n) is 8.51. The van der Waals surface area contributed by atoms with Crippen molar-refractivity contribution >= 4 is 17.0 Å². The summed E-state index contributed by atoms with van der Waals surface area (Å²) in [5.74, 6) is 0.697. The van der Waals surface area contributed by atoms with Gasteiger partial charge in [0, 0.05) is 11.0 Å². The number of anilines is 1. The molecule has 2 aromatic rings. The Kier molecular flexibility index (Phi) is 4.16. The number of imidazole rings is 1. The summed E-state index contributed by atoms with van der Waals surface area (Å²) in [7, 11) is 0. The fourth-order valence-corrected chi connectivity index (χ4v) is 3.69. The van der Waals surface area contributed by atoms with Gasteiger partial charge in [0.2, 0.25) is 0 Å². The van der Waals surface area contributed by atoms with Gasteiger partial charge in [-0.25, -0.2) is 15.0 Å². The highest BCUT2D eigenvalue weighted by Crippen LogP contribution is 2.34. The lowest BCUT2D eigenvalue weighted by atomic mass is 10.1. The average Bonchev–Trinajstić information content (AvgIpc) is 3.31. The maximum absolute atomic E-state index is 10.5. The van der Waals surface area contributed by atoms with Crippen LogP contribution in [0.1, 0.15) is 38.8 Å². The molecule has 0 amide bonds. The fourth-order valence-electron chi connectivity index (χ4n) is 3.69. The van der Waals surface area contributed by atoms with Crippen molar-refractivity contribution in [2.24, 2.45) is 5.11 Å². The number of nitrogens with zero attached hydrogens (tertiary/aromatic N) is 7. The van der Waals surface area contributed by atoms with Crippen LogP contribution in [0.2, 0.25) is 0 Å². The number of rotatable bonds is 4. The third-order valence-corrected chi connectivity index (χ3v) is 4.99. The summed E-state index contributed by atoms with van der Waals surface area (Å²) >= 11 is 0. The second-order valence-electron chi connectivity index (χ2n) is 6.59. The Balaban J connectivity index is 1.66. The number of aromatic nitrogens is 4. The van der Waals surface area contributed by atoms with Gasteiger partial charge in [-0.3, -0.25) is 4.57 Å². The van der Waals surface area contributed by atoms with E-state index >= 15 is 0 Å². The van der Waals surface area contributed by atoms with E-state index < -0.39 is 24.5 Å². The second-order valence-corrected chi connectivity index (χ2v) is 6.59. The number of nitrogens with one attached hydrogen (secondary N) is 1. The largest absolute Gasteiger partial charge is 0.388 e. The number of hydrogen-bond acceptors (Lipinski definition) is 7. The molecule has 0 radical (unpaired) electrons. The standard InChI is InChI=1S/C15H20N8O2/c1-8-10(21-22-16)12(24)15(25-8)23-7-19-11-13(17-6-18-14(11)23)20-9-4-2-3-5-9/h6-10,12,15,24H,2-5H2,1H3,(H,17,18,20)/t8-,10+,12-,15-/m1/s1. The summed E-state index contributed by atoms with van der Waals surface area (Å²) in [6.45, 7) is 1.77. The first-order valence-corrected chi connectivity index (χ1v) is 8.51. The lowest BCUT2D eigenvalue weighted by Crippen LogP contribution is -2.28. The van der Waals surface area contributed by atoms with Crippen molar-refractivity contribution in [1.82, 2.24) is 19.5 Å². The number of aliphatic hydroxyl groups excluding tert-OH is 1. The van der Waals surface area contributed by atoms with E-state index in [0.29, 0.717) is 23.0 Å². The Morgan fingerprint density at radius 3 is 2.92 bits per heavy atom. The molecule has 1 aliphatic carbocycles. The van der Waals surface area contributed by atoms with Gasteiger partial charge in [-0.2, -0.15) is 0 Å². The molecule has 25 heavy (non-hydrogen) atoms. The molecular weight excluding hydrogens is 324 g/mol. The molecule has 10 heteroatoms. The van der Waals surface area contributed by atoms with E-state index in [2.05, 4.69) is 30.3 Å². The van der Waals surface area contributed by atoms with Gasteiger partial charge < -0.3 is 15.2 Å². The number of azide groups is 1. The third kappa shape index (κ3) is 2.78. The monoisotopic (exact) mass is 344 g/mol. The minimum Gasteiger partial charge on any atom is -0.388 e. The molecule has 0 spiro atoms. The number of ether oxygens (including phenoxy) is 1. The van der Waals surface area contributed by atoms with Crippen LogP contribution in [-0.4, -0.2) is 48.9 Å². The smallest absolute Gasteiger partial charge is 0.167 e. The Morgan fingerprint density at radius 1 is 1.36 bits per heavy atom. The van der Waals surface area contributed by atoms with E-state index in [0.717, 1.165) is 12.8 Å². The fraction of sp³-hybridized carbons (Fsp3) is 0.667. The molecule has 4 atom stereocenters. The molecule has 0 aromatic carbocycles. The number of hydrogen-bond donors (Lipinski definition) is 2. The van der Waals surface area contributed by atoms with E-state index in [9.17, 15) is 5.11 Å². The van der Waals surface area contributed by atoms with Crippen LogP contribution in [0.15, 0.2) is 17.8 Å². The van der Waals surface area contributed by atoms with Crippen molar-refractivity contribution in [1.29, 1.82) is 0 Å². The van der Waals surface area contributed by atoms with Crippen LogP contribution < -0.4 is 5.32 Å².